The van der Waals surface area contributed by atoms with Gasteiger partial charge in [-0.25, -0.2) is 9.59 Å². The van der Waals surface area contributed by atoms with Crippen molar-refractivity contribution in [3.63, 3.8) is 0 Å². The van der Waals surface area contributed by atoms with Gasteiger partial charge in [-0.15, -0.1) is 0 Å². The lowest BCUT2D eigenvalue weighted by molar-refractivity contribution is -0.151. The van der Waals surface area contributed by atoms with E-state index < -0.39 is 35.4 Å². The molecule has 1 amide bonds. The van der Waals surface area contributed by atoms with E-state index in [2.05, 4.69) is 5.32 Å². The Labute approximate surface area is 181 Å². The number of fused-ring (bicyclic) bond motifs is 3. The predicted molar refractivity (Wildman–Crippen MR) is 115 cm³/mol. The van der Waals surface area contributed by atoms with Crippen molar-refractivity contribution >= 4 is 18.0 Å². The fraction of sp³-hybridized carbons (Fsp3) is 0.375. The number of carbonyl (C=O) groups is 3. The Hall–Kier alpha value is -3.35. The smallest absolute Gasteiger partial charge is 0.408 e. The van der Waals surface area contributed by atoms with Crippen LogP contribution in [-0.2, 0) is 14.3 Å². The molecule has 1 aliphatic carbocycles. The van der Waals surface area contributed by atoms with E-state index in [9.17, 15) is 19.5 Å². The normalized spacial score (nSPS) is 14.8. The van der Waals surface area contributed by atoms with Crippen molar-refractivity contribution in [3.05, 3.63) is 59.7 Å². The van der Waals surface area contributed by atoms with Crippen molar-refractivity contribution in [3.8, 4) is 11.1 Å². The number of ether oxygens (including phenoxy) is 1. The van der Waals surface area contributed by atoms with E-state index in [1.54, 1.807) is 20.8 Å². The van der Waals surface area contributed by atoms with Crippen LogP contribution in [0.5, 0.6) is 0 Å². The summed E-state index contributed by atoms with van der Waals surface area (Å²) in [6.45, 7) is 4.98. The molecule has 1 aliphatic rings. The molecule has 0 unspecified atom stereocenters. The topological polar surface area (TPSA) is 113 Å². The van der Waals surface area contributed by atoms with Crippen LogP contribution in [0, 0.1) is 5.41 Å². The first kappa shape index (κ1) is 22.3. The lowest BCUT2D eigenvalue weighted by Gasteiger charge is -2.41. The van der Waals surface area contributed by atoms with Crippen molar-refractivity contribution in [1.29, 1.82) is 0 Å². The van der Waals surface area contributed by atoms with Crippen LogP contribution in [0.2, 0.25) is 0 Å². The van der Waals surface area contributed by atoms with Crippen molar-refractivity contribution < 1.29 is 29.3 Å². The predicted octanol–water partition coefficient (Wildman–Crippen LogP) is 4.26. The Morgan fingerprint density at radius 2 is 1.45 bits per heavy atom. The zero-order valence-corrected chi connectivity index (χ0v) is 17.8. The quantitative estimate of drug-likeness (QED) is 0.611. The molecule has 2 aromatic rings. The molecule has 3 N–H and O–H groups in total. The molecule has 0 saturated carbocycles. The summed E-state index contributed by atoms with van der Waals surface area (Å²) in [6.07, 6.45) is -1.54. The zero-order chi connectivity index (χ0) is 22.8. The number of amides is 1. The Balaban J connectivity index is 1.80. The highest BCUT2D eigenvalue weighted by Gasteiger charge is 2.50. The van der Waals surface area contributed by atoms with Crippen LogP contribution in [0.4, 0.5) is 4.79 Å². The van der Waals surface area contributed by atoms with E-state index in [0.717, 1.165) is 22.3 Å². The van der Waals surface area contributed by atoms with Crippen LogP contribution in [0.15, 0.2) is 48.5 Å². The van der Waals surface area contributed by atoms with Gasteiger partial charge < -0.3 is 20.3 Å². The molecule has 0 aromatic heterocycles. The Morgan fingerprint density at radius 1 is 0.935 bits per heavy atom. The number of hydrogen-bond donors (Lipinski definition) is 3. The van der Waals surface area contributed by atoms with Gasteiger partial charge in [0.15, 0.2) is 0 Å². The Bertz CT molecular complexity index is 964. The lowest BCUT2D eigenvalue weighted by atomic mass is 9.71. The van der Waals surface area contributed by atoms with Gasteiger partial charge in [-0.2, -0.15) is 0 Å². The van der Waals surface area contributed by atoms with E-state index in [-0.39, 0.29) is 18.9 Å². The third kappa shape index (κ3) is 4.26. The zero-order valence-electron chi connectivity index (χ0n) is 17.8. The number of hydrogen-bond acceptors (Lipinski definition) is 4. The van der Waals surface area contributed by atoms with Gasteiger partial charge in [-0.1, -0.05) is 69.3 Å². The van der Waals surface area contributed by atoms with Gasteiger partial charge in [-0.3, -0.25) is 4.79 Å². The van der Waals surface area contributed by atoms with Crippen molar-refractivity contribution in [2.24, 2.45) is 5.41 Å². The Kier molecular flexibility index (Phi) is 6.06. The largest absolute Gasteiger partial charge is 0.481 e. The molecule has 0 aliphatic heterocycles. The van der Waals surface area contributed by atoms with Gasteiger partial charge in [0, 0.05) is 12.3 Å². The van der Waals surface area contributed by atoms with Crippen LogP contribution in [0.1, 0.15) is 50.7 Å². The first-order valence-corrected chi connectivity index (χ1v) is 10.1. The van der Waals surface area contributed by atoms with Gasteiger partial charge in [0.25, 0.3) is 0 Å². The molecule has 7 heteroatoms. The summed E-state index contributed by atoms with van der Waals surface area (Å²) in [5.74, 6) is -2.59. The maximum Gasteiger partial charge on any atom is 0.408 e. The first-order chi connectivity index (χ1) is 14.6. The number of benzene rings is 2. The molecule has 0 fully saturated rings. The fourth-order valence-corrected chi connectivity index (χ4v) is 4.21. The number of carbonyl (C=O) groups excluding carboxylic acids is 1. The molecule has 0 spiro atoms. The summed E-state index contributed by atoms with van der Waals surface area (Å²) < 4.78 is 5.49. The number of aliphatic carboxylic acids is 2. The number of alkyl carbamates (subject to hydrolysis) is 1. The molecular weight excluding hydrogens is 398 g/mol. The highest BCUT2D eigenvalue weighted by Crippen LogP contribution is 2.44. The maximum atomic E-state index is 12.7. The van der Waals surface area contributed by atoms with E-state index in [0.29, 0.717) is 0 Å². The number of carboxylic acid groups (broad SMARTS) is 2. The molecule has 31 heavy (non-hydrogen) atoms. The summed E-state index contributed by atoms with van der Waals surface area (Å²) in [5.41, 5.74) is 1.53. The fourth-order valence-electron chi connectivity index (χ4n) is 4.21. The van der Waals surface area contributed by atoms with Crippen LogP contribution in [0.25, 0.3) is 11.1 Å². The highest BCUT2D eigenvalue weighted by atomic mass is 16.5. The monoisotopic (exact) mass is 425 g/mol. The van der Waals surface area contributed by atoms with Gasteiger partial charge in [0.1, 0.15) is 12.1 Å². The molecule has 3 rings (SSSR count). The SMILES string of the molecule is CC(C)(C)[C@](CCC(=O)O)(NC(=O)OCC1c2ccccc2-c2ccccc21)C(=O)O. The molecular formula is C24H27NO6. The van der Waals surface area contributed by atoms with Crippen LogP contribution < -0.4 is 5.32 Å². The maximum absolute atomic E-state index is 12.7. The minimum Gasteiger partial charge on any atom is -0.481 e. The minimum atomic E-state index is -1.78. The van der Waals surface area contributed by atoms with E-state index in [1.165, 1.54) is 0 Å². The van der Waals surface area contributed by atoms with E-state index >= 15 is 0 Å². The number of rotatable bonds is 7. The molecule has 2 aromatic carbocycles. The van der Waals surface area contributed by atoms with Gasteiger partial charge in [-0.05, 0) is 34.1 Å². The molecule has 0 saturated heterocycles. The second-order valence-corrected chi connectivity index (χ2v) is 8.80. The third-order valence-electron chi connectivity index (χ3n) is 6.02. The first-order valence-electron chi connectivity index (χ1n) is 10.1. The summed E-state index contributed by atoms with van der Waals surface area (Å²) >= 11 is 0. The summed E-state index contributed by atoms with van der Waals surface area (Å²) in [7, 11) is 0. The van der Waals surface area contributed by atoms with Gasteiger partial charge in [0.2, 0.25) is 0 Å². The van der Waals surface area contributed by atoms with Crippen LogP contribution >= 0.6 is 0 Å². The Morgan fingerprint density at radius 3 is 1.90 bits per heavy atom. The average Bonchev–Trinajstić information content (AvgIpc) is 3.02. The summed E-state index contributed by atoms with van der Waals surface area (Å²) in [6, 6.07) is 15.8. The van der Waals surface area contributed by atoms with Crippen LogP contribution in [-0.4, -0.2) is 40.4 Å². The van der Waals surface area contributed by atoms with Crippen molar-refractivity contribution in [2.75, 3.05) is 6.61 Å². The number of carboxylic acids is 2. The summed E-state index contributed by atoms with van der Waals surface area (Å²) in [5, 5.41) is 21.4. The average molecular weight is 425 g/mol. The lowest BCUT2D eigenvalue weighted by Crippen LogP contribution is -2.62. The van der Waals surface area contributed by atoms with Crippen LogP contribution in [0.3, 0.4) is 0 Å². The van der Waals surface area contributed by atoms with E-state index in [1.807, 2.05) is 48.5 Å². The molecule has 7 nitrogen and oxygen atoms in total. The van der Waals surface area contributed by atoms with E-state index in [4.69, 9.17) is 9.84 Å². The summed E-state index contributed by atoms with van der Waals surface area (Å²) in [4.78, 5) is 35.9. The molecule has 0 radical (unpaired) electrons. The molecule has 164 valence electrons. The van der Waals surface area contributed by atoms with Crippen molar-refractivity contribution in [1.82, 2.24) is 5.32 Å². The minimum absolute atomic E-state index is 0.0403. The number of nitrogens with one attached hydrogen (secondary N) is 1. The van der Waals surface area contributed by atoms with Gasteiger partial charge in [0.05, 0.1) is 0 Å². The molecule has 0 heterocycles. The van der Waals surface area contributed by atoms with Gasteiger partial charge >= 0.3 is 18.0 Å². The highest BCUT2D eigenvalue weighted by molar-refractivity contribution is 5.86. The second-order valence-electron chi connectivity index (χ2n) is 8.80. The molecule has 0 bridgehead atoms. The standard InChI is InChI=1S/C24H27NO6/c1-23(2,3)24(21(28)29,13-12-20(26)27)25-22(30)31-14-19-17-10-6-4-8-15(17)16-9-5-7-11-18(16)19/h4-11,19H,12-14H2,1-3H3,(H,25,30)(H,26,27)(H,28,29)/t24-/m1/s1. The second kappa shape index (κ2) is 8.41. The molecule has 1 atom stereocenters. The third-order valence-corrected chi connectivity index (χ3v) is 6.02. The van der Waals surface area contributed by atoms with Crippen molar-refractivity contribution in [2.45, 2.75) is 45.1 Å².